The van der Waals surface area contributed by atoms with Gasteiger partial charge in [0.15, 0.2) is 12.2 Å². The van der Waals surface area contributed by atoms with Gasteiger partial charge in [-0.25, -0.2) is 9.13 Å². The minimum atomic E-state index is -4.94. The number of phosphoric ester groups is 2. The molecular weight excluding hydrogens is 1080 g/mol. The Kier molecular flexibility index (Phi) is 54.6. The molecule has 0 spiro atoms. The van der Waals surface area contributed by atoms with Crippen molar-refractivity contribution in [2.75, 3.05) is 39.6 Å². The molecule has 0 aromatic heterocycles. The maximum absolute atomic E-state index is 12.9. The number of hydrogen-bond acceptors (Lipinski definition) is 15. The molecule has 3 N–H and O–H groups in total. The summed E-state index contributed by atoms with van der Waals surface area (Å²) in [4.78, 5) is 71.9. The van der Waals surface area contributed by atoms with E-state index in [9.17, 15) is 43.2 Å². The smallest absolute Gasteiger partial charge is 0.462 e. The quantitative estimate of drug-likeness (QED) is 0.0222. The van der Waals surface area contributed by atoms with E-state index in [1.807, 2.05) is 0 Å². The van der Waals surface area contributed by atoms with Crippen molar-refractivity contribution in [2.45, 2.75) is 329 Å². The maximum atomic E-state index is 12.9. The number of unbranched alkanes of at least 4 members (excludes halogenated alkanes) is 34. The second kappa shape index (κ2) is 55.9. The Morgan fingerprint density at radius 2 is 0.568 bits per heavy atom. The standard InChI is InChI=1S/C62H120O17P2/c1-6-9-12-15-17-19-21-23-25-27-32-37-42-47-61(66)79-58(52-73-60(65)46-41-36-31-26-24-22-20-18-16-13-10-7-2)54-77-81(70,71)75-50-56(63)49-74-80(68,69)76-53-57(51-72-59(64)45-40-34-14-11-8-3)78-62(67)48-43-38-33-29-28-30-35-39-44-55(4)5/h55-58,63H,6-54H2,1-5H3,(H,68,69)(H,70,71)/t56-,57+,58+/m0/s1. The van der Waals surface area contributed by atoms with Gasteiger partial charge in [-0.05, 0) is 31.6 Å². The second-order valence-corrected chi connectivity index (χ2v) is 25.8. The molecule has 480 valence electrons. The number of rotatable bonds is 62. The fourth-order valence-corrected chi connectivity index (χ4v) is 10.8. The highest BCUT2D eigenvalue weighted by Gasteiger charge is 2.30. The van der Waals surface area contributed by atoms with Gasteiger partial charge in [-0.2, -0.15) is 0 Å². The SMILES string of the molecule is CCCCCCCCCCCCCCCC(=O)O[C@H](COC(=O)CCCCCCCCCCCCCC)COP(=O)(O)OC[C@@H](O)COP(=O)(O)OC[C@@H](COC(=O)CCCCCCC)OC(=O)CCCCCCCCCCC(C)C. The van der Waals surface area contributed by atoms with Crippen molar-refractivity contribution in [1.82, 2.24) is 0 Å². The Hall–Kier alpha value is -1.94. The van der Waals surface area contributed by atoms with Gasteiger partial charge < -0.3 is 33.8 Å². The van der Waals surface area contributed by atoms with Gasteiger partial charge in [0.1, 0.15) is 19.3 Å². The van der Waals surface area contributed by atoms with Crippen LogP contribution in [0.25, 0.3) is 0 Å². The van der Waals surface area contributed by atoms with Crippen LogP contribution in [-0.2, 0) is 65.4 Å². The predicted molar refractivity (Wildman–Crippen MR) is 322 cm³/mol. The summed E-state index contributed by atoms with van der Waals surface area (Å²) in [5, 5.41) is 10.5. The summed E-state index contributed by atoms with van der Waals surface area (Å²) < 4.78 is 67.7. The van der Waals surface area contributed by atoms with Gasteiger partial charge in [0.25, 0.3) is 0 Å². The second-order valence-electron chi connectivity index (χ2n) is 22.9. The van der Waals surface area contributed by atoms with Gasteiger partial charge in [-0.1, -0.05) is 259 Å². The van der Waals surface area contributed by atoms with Gasteiger partial charge in [0, 0.05) is 25.7 Å². The molecule has 0 saturated carbocycles. The van der Waals surface area contributed by atoms with Crippen molar-refractivity contribution in [3.63, 3.8) is 0 Å². The van der Waals surface area contributed by atoms with Crippen LogP contribution in [0.1, 0.15) is 311 Å². The Bertz CT molecular complexity index is 1580. The zero-order chi connectivity index (χ0) is 59.9. The highest BCUT2D eigenvalue weighted by molar-refractivity contribution is 7.47. The van der Waals surface area contributed by atoms with Crippen LogP contribution in [0.15, 0.2) is 0 Å². The molecule has 0 aromatic carbocycles. The van der Waals surface area contributed by atoms with Crippen molar-refractivity contribution in [1.29, 1.82) is 0 Å². The van der Waals surface area contributed by atoms with Gasteiger partial charge >= 0.3 is 39.5 Å². The number of phosphoric acid groups is 2. The molecule has 5 atom stereocenters. The lowest BCUT2D eigenvalue weighted by atomic mass is 10.0. The van der Waals surface area contributed by atoms with Crippen LogP contribution in [0, 0.1) is 5.92 Å². The summed E-state index contributed by atoms with van der Waals surface area (Å²) in [5.74, 6) is -1.43. The molecule has 0 rings (SSSR count). The van der Waals surface area contributed by atoms with Crippen LogP contribution < -0.4 is 0 Å². The van der Waals surface area contributed by atoms with Crippen LogP contribution in [0.4, 0.5) is 0 Å². The fraction of sp³-hybridized carbons (Fsp3) is 0.935. The highest BCUT2D eigenvalue weighted by atomic mass is 31.2. The first kappa shape index (κ1) is 79.1. The van der Waals surface area contributed by atoms with E-state index < -0.39 is 97.5 Å². The summed E-state index contributed by atoms with van der Waals surface area (Å²) in [5.41, 5.74) is 0. The molecule has 0 heterocycles. The van der Waals surface area contributed by atoms with E-state index in [4.69, 9.17) is 37.0 Å². The number of esters is 4. The van der Waals surface area contributed by atoms with E-state index in [2.05, 4.69) is 34.6 Å². The van der Waals surface area contributed by atoms with E-state index in [0.717, 1.165) is 102 Å². The summed E-state index contributed by atoms with van der Waals surface area (Å²) in [7, 11) is -9.87. The van der Waals surface area contributed by atoms with Crippen LogP contribution in [-0.4, -0.2) is 96.7 Å². The Labute approximate surface area is 492 Å². The lowest BCUT2D eigenvalue weighted by Gasteiger charge is -2.21. The van der Waals surface area contributed by atoms with Crippen molar-refractivity contribution in [3.05, 3.63) is 0 Å². The Morgan fingerprint density at radius 1 is 0.333 bits per heavy atom. The lowest BCUT2D eigenvalue weighted by molar-refractivity contribution is -0.161. The molecule has 2 unspecified atom stereocenters. The molecular formula is C62H120O17P2. The van der Waals surface area contributed by atoms with E-state index in [-0.39, 0.29) is 25.7 Å². The monoisotopic (exact) mass is 1200 g/mol. The number of ether oxygens (including phenoxy) is 4. The van der Waals surface area contributed by atoms with Crippen LogP contribution in [0.3, 0.4) is 0 Å². The summed E-state index contributed by atoms with van der Waals surface area (Å²) in [6, 6.07) is 0. The maximum Gasteiger partial charge on any atom is 0.472 e. The first-order valence-corrected chi connectivity index (χ1v) is 35.6. The first-order valence-electron chi connectivity index (χ1n) is 32.6. The minimum Gasteiger partial charge on any atom is -0.462 e. The van der Waals surface area contributed by atoms with Crippen LogP contribution in [0.2, 0.25) is 0 Å². The first-order chi connectivity index (χ1) is 39.0. The molecule has 0 radical (unpaired) electrons. The van der Waals surface area contributed by atoms with Crippen molar-refractivity contribution >= 4 is 39.5 Å². The zero-order valence-corrected chi connectivity index (χ0v) is 53.7. The Morgan fingerprint density at radius 3 is 0.840 bits per heavy atom. The average molecular weight is 1200 g/mol. The number of hydrogen-bond donors (Lipinski definition) is 3. The molecule has 0 aliphatic rings. The van der Waals surface area contributed by atoms with Crippen molar-refractivity contribution in [3.8, 4) is 0 Å². The van der Waals surface area contributed by atoms with Gasteiger partial charge in [-0.3, -0.25) is 37.3 Å². The summed E-state index contributed by atoms with van der Waals surface area (Å²) >= 11 is 0. The fourth-order valence-electron chi connectivity index (χ4n) is 9.23. The topological polar surface area (TPSA) is 237 Å². The predicted octanol–water partition coefficient (Wildman–Crippen LogP) is 17.0. The van der Waals surface area contributed by atoms with E-state index in [1.54, 1.807) is 0 Å². The largest absolute Gasteiger partial charge is 0.472 e. The van der Waals surface area contributed by atoms with Gasteiger partial charge in [-0.15, -0.1) is 0 Å². The number of aliphatic hydroxyl groups excluding tert-OH is 1. The molecule has 0 fully saturated rings. The number of carbonyl (C=O) groups is 4. The molecule has 0 aliphatic carbocycles. The molecule has 0 aromatic rings. The van der Waals surface area contributed by atoms with Crippen molar-refractivity contribution < 1.29 is 80.2 Å². The average Bonchev–Trinajstić information content (AvgIpc) is 3.43. The van der Waals surface area contributed by atoms with Gasteiger partial charge in [0.2, 0.25) is 0 Å². The third-order valence-corrected chi connectivity index (χ3v) is 16.2. The molecule has 0 aliphatic heterocycles. The number of aliphatic hydroxyl groups is 1. The van der Waals surface area contributed by atoms with E-state index in [1.165, 1.54) is 128 Å². The summed E-state index contributed by atoms with van der Waals surface area (Å²) in [6.45, 7) is 7.05. The van der Waals surface area contributed by atoms with Crippen LogP contribution in [0.5, 0.6) is 0 Å². The number of carbonyl (C=O) groups excluding carboxylic acids is 4. The Balaban J connectivity index is 5.18. The third-order valence-electron chi connectivity index (χ3n) is 14.3. The van der Waals surface area contributed by atoms with Crippen molar-refractivity contribution in [2.24, 2.45) is 5.92 Å². The zero-order valence-electron chi connectivity index (χ0n) is 51.9. The van der Waals surface area contributed by atoms with E-state index in [0.29, 0.717) is 25.7 Å². The lowest BCUT2D eigenvalue weighted by Crippen LogP contribution is -2.30. The van der Waals surface area contributed by atoms with Gasteiger partial charge in [0.05, 0.1) is 26.4 Å². The molecule has 0 amide bonds. The van der Waals surface area contributed by atoms with Crippen LogP contribution >= 0.6 is 15.6 Å². The molecule has 19 heteroatoms. The highest BCUT2D eigenvalue weighted by Crippen LogP contribution is 2.45. The third kappa shape index (κ3) is 56.9. The molecule has 17 nitrogen and oxygen atoms in total. The normalized spacial score (nSPS) is 14.3. The van der Waals surface area contributed by atoms with E-state index >= 15 is 0 Å². The molecule has 0 saturated heterocycles. The molecule has 81 heavy (non-hydrogen) atoms. The summed E-state index contributed by atoms with van der Waals surface area (Å²) in [6.07, 6.45) is 39.2. The minimum absolute atomic E-state index is 0.104. The molecule has 0 bridgehead atoms.